The minimum atomic E-state index is -0.441. The van der Waals surface area contributed by atoms with Crippen LogP contribution in [0.3, 0.4) is 0 Å². The van der Waals surface area contributed by atoms with Gasteiger partial charge in [-0.05, 0) is 57.5 Å². The molecule has 3 N–H and O–H groups in total. The van der Waals surface area contributed by atoms with Crippen LogP contribution >= 0.6 is 11.6 Å². The largest absolute Gasteiger partial charge is 0.367 e. The Bertz CT molecular complexity index is 478. The number of amides is 1. The van der Waals surface area contributed by atoms with E-state index in [0.717, 1.165) is 25.2 Å². The molecule has 1 unspecified atom stereocenters. The molecular weight excluding hydrogens is 274 g/mol. The van der Waals surface area contributed by atoms with E-state index in [1.54, 1.807) is 12.1 Å². The number of halogens is 1. The predicted octanol–water partition coefficient (Wildman–Crippen LogP) is 2.41. The fourth-order valence-corrected chi connectivity index (χ4v) is 3.11. The number of piperidine rings is 1. The molecule has 1 fully saturated rings. The summed E-state index contributed by atoms with van der Waals surface area (Å²) in [7, 11) is 1.97. The molecule has 1 aromatic rings. The Kier molecular flexibility index (Phi) is 5.26. The number of carbonyl (C=O) groups excluding carboxylic acids is 1. The number of benzene rings is 1. The van der Waals surface area contributed by atoms with Crippen molar-refractivity contribution in [3.05, 3.63) is 28.8 Å². The van der Waals surface area contributed by atoms with Crippen molar-refractivity contribution in [1.82, 2.24) is 5.32 Å². The lowest BCUT2D eigenvalue weighted by Gasteiger charge is -2.38. The van der Waals surface area contributed by atoms with E-state index in [2.05, 4.69) is 10.2 Å². The zero-order chi connectivity index (χ0) is 14.5. The van der Waals surface area contributed by atoms with Gasteiger partial charge in [-0.2, -0.15) is 0 Å². The Labute approximate surface area is 125 Å². The molecule has 4 nitrogen and oxygen atoms in total. The molecule has 1 atom stereocenters. The van der Waals surface area contributed by atoms with Gasteiger partial charge in [-0.25, -0.2) is 0 Å². The van der Waals surface area contributed by atoms with Crippen LogP contribution in [-0.4, -0.2) is 32.1 Å². The zero-order valence-electron chi connectivity index (χ0n) is 11.9. The molecule has 1 aromatic carbocycles. The first kappa shape index (κ1) is 15.1. The van der Waals surface area contributed by atoms with Crippen molar-refractivity contribution in [2.24, 2.45) is 5.73 Å². The molecule has 0 spiro atoms. The van der Waals surface area contributed by atoms with Crippen molar-refractivity contribution in [1.29, 1.82) is 0 Å². The van der Waals surface area contributed by atoms with Gasteiger partial charge in [0.1, 0.15) is 0 Å². The Hall–Kier alpha value is -1.26. The highest BCUT2D eigenvalue weighted by Gasteiger charge is 2.24. The van der Waals surface area contributed by atoms with E-state index < -0.39 is 5.91 Å². The van der Waals surface area contributed by atoms with Gasteiger partial charge in [0.25, 0.3) is 0 Å². The molecule has 0 aromatic heterocycles. The molecule has 0 saturated carbocycles. The van der Waals surface area contributed by atoms with Crippen LogP contribution in [0.5, 0.6) is 0 Å². The molecule has 0 aliphatic carbocycles. The number of nitrogens with two attached hydrogens (primary N) is 1. The highest BCUT2D eigenvalue weighted by atomic mass is 35.5. The Morgan fingerprint density at radius 1 is 1.50 bits per heavy atom. The summed E-state index contributed by atoms with van der Waals surface area (Å²) in [4.78, 5) is 13.6. The van der Waals surface area contributed by atoms with Crippen LogP contribution in [0.15, 0.2) is 18.2 Å². The number of nitrogens with zero attached hydrogens (tertiary/aromatic N) is 1. The highest BCUT2D eigenvalue weighted by molar-refractivity contribution is 6.33. The normalized spacial score (nSPS) is 19.1. The SMILES string of the molecule is CNCCC1CCCCN1c1ccc(C(N)=O)cc1Cl. The molecule has 0 bridgehead atoms. The van der Waals surface area contributed by atoms with E-state index >= 15 is 0 Å². The summed E-state index contributed by atoms with van der Waals surface area (Å²) in [5.41, 5.74) is 6.76. The second-order valence-corrected chi connectivity index (χ2v) is 5.67. The first-order chi connectivity index (χ1) is 9.63. The van der Waals surface area contributed by atoms with Gasteiger partial charge >= 0.3 is 0 Å². The maximum Gasteiger partial charge on any atom is 0.248 e. The van der Waals surface area contributed by atoms with Gasteiger partial charge in [-0.1, -0.05) is 11.6 Å². The minimum Gasteiger partial charge on any atom is -0.367 e. The molecule has 1 heterocycles. The van der Waals surface area contributed by atoms with Crippen LogP contribution in [0.1, 0.15) is 36.0 Å². The maximum atomic E-state index is 11.2. The summed E-state index contributed by atoms with van der Waals surface area (Å²) in [5, 5.41) is 3.81. The van der Waals surface area contributed by atoms with Crippen molar-refractivity contribution in [3.8, 4) is 0 Å². The van der Waals surface area contributed by atoms with Crippen molar-refractivity contribution in [3.63, 3.8) is 0 Å². The predicted molar refractivity (Wildman–Crippen MR) is 83.5 cm³/mol. The Morgan fingerprint density at radius 3 is 2.95 bits per heavy atom. The van der Waals surface area contributed by atoms with Gasteiger partial charge in [0, 0.05) is 18.2 Å². The van der Waals surface area contributed by atoms with Gasteiger partial charge in [-0.15, -0.1) is 0 Å². The fourth-order valence-electron chi connectivity index (χ4n) is 2.82. The van der Waals surface area contributed by atoms with E-state index in [-0.39, 0.29) is 0 Å². The molecule has 1 aliphatic rings. The number of carbonyl (C=O) groups is 1. The van der Waals surface area contributed by atoms with Gasteiger partial charge in [0.2, 0.25) is 5.91 Å². The van der Waals surface area contributed by atoms with Crippen molar-refractivity contribution in [2.75, 3.05) is 25.0 Å². The third-order valence-electron chi connectivity index (χ3n) is 3.90. The van der Waals surface area contributed by atoms with Crippen LogP contribution in [0.25, 0.3) is 0 Å². The highest BCUT2D eigenvalue weighted by Crippen LogP contribution is 2.32. The van der Waals surface area contributed by atoms with Crippen LogP contribution in [-0.2, 0) is 0 Å². The molecule has 5 heteroatoms. The molecule has 1 amide bonds. The summed E-state index contributed by atoms with van der Waals surface area (Å²) in [6.07, 6.45) is 4.74. The standard InChI is InChI=1S/C15H22ClN3O/c1-18-8-7-12-4-2-3-9-19(12)14-6-5-11(15(17)20)10-13(14)16/h5-6,10,12,18H,2-4,7-9H2,1H3,(H2,17,20). The summed E-state index contributed by atoms with van der Waals surface area (Å²) in [6, 6.07) is 5.85. The number of hydrogen-bond donors (Lipinski definition) is 2. The topological polar surface area (TPSA) is 58.4 Å². The average Bonchev–Trinajstić information content (AvgIpc) is 2.45. The molecule has 110 valence electrons. The quantitative estimate of drug-likeness (QED) is 0.877. The minimum absolute atomic E-state index is 0.441. The van der Waals surface area contributed by atoms with Crippen molar-refractivity contribution >= 4 is 23.2 Å². The summed E-state index contributed by atoms with van der Waals surface area (Å²) >= 11 is 6.34. The molecule has 0 radical (unpaired) electrons. The van der Waals surface area contributed by atoms with E-state index in [4.69, 9.17) is 17.3 Å². The third-order valence-corrected chi connectivity index (χ3v) is 4.20. The second kappa shape index (κ2) is 6.95. The second-order valence-electron chi connectivity index (χ2n) is 5.27. The average molecular weight is 296 g/mol. The Balaban J connectivity index is 2.21. The lowest BCUT2D eigenvalue weighted by atomic mass is 9.98. The number of primary amides is 1. The lowest BCUT2D eigenvalue weighted by Crippen LogP contribution is -2.41. The molecular formula is C15H22ClN3O. The molecule has 1 saturated heterocycles. The fraction of sp³-hybridized carbons (Fsp3) is 0.533. The zero-order valence-corrected chi connectivity index (χ0v) is 12.6. The monoisotopic (exact) mass is 295 g/mol. The van der Waals surface area contributed by atoms with Crippen LogP contribution in [0.2, 0.25) is 5.02 Å². The van der Waals surface area contributed by atoms with E-state index in [9.17, 15) is 4.79 Å². The van der Waals surface area contributed by atoms with Gasteiger partial charge in [0.15, 0.2) is 0 Å². The van der Waals surface area contributed by atoms with E-state index in [1.807, 2.05) is 13.1 Å². The number of anilines is 1. The van der Waals surface area contributed by atoms with Crippen LogP contribution in [0, 0.1) is 0 Å². The first-order valence-corrected chi connectivity index (χ1v) is 7.52. The lowest BCUT2D eigenvalue weighted by molar-refractivity contribution is 0.100. The number of hydrogen-bond acceptors (Lipinski definition) is 3. The molecule has 2 rings (SSSR count). The van der Waals surface area contributed by atoms with E-state index in [1.165, 1.54) is 19.3 Å². The maximum absolute atomic E-state index is 11.2. The molecule has 1 aliphatic heterocycles. The Morgan fingerprint density at radius 2 is 2.30 bits per heavy atom. The third kappa shape index (κ3) is 3.44. The van der Waals surface area contributed by atoms with Gasteiger partial charge in [-0.3, -0.25) is 4.79 Å². The van der Waals surface area contributed by atoms with Crippen molar-refractivity contribution in [2.45, 2.75) is 31.7 Å². The smallest absolute Gasteiger partial charge is 0.248 e. The van der Waals surface area contributed by atoms with Gasteiger partial charge < -0.3 is 16.0 Å². The van der Waals surface area contributed by atoms with Crippen molar-refractivity contribution < 1.29 is 4.79 Å². The first-order valence-electron chi connectivity index (χ1n) is 7.14. The van der Waals surface area contributed by atoms with Crippen LogP contribution in [0.4, 0.5) is 5.69 Å². The van der Waals surface area contributed by atoms with Gasteiger partial charge in [0.05, 0.1) is 10.7 Å². The van der Waals surface area contributed by atoms with Crippen LogP contribution < -0.4 is 16.0 Å². The summed E-state index contributed by atoms with van der Waals surface area (Å²) in [6.45, 7) is 2.02. The summed E-state index contributed by atoms with van der Waals surface area (Å²) in [5.74, 6) is -0.441. The molecule has 20 heavy (non-hydrogen) atoms. The number of rotatable bonds is 5. The van der Waals surface area contributed by atoms with E-state index in [0.29, 0.717) is 16.6 Å². The number of nitrogens with one attached hydrogen (secondary N) is 1. The summed E-state index contributed by atoms with van der Waals surface area (Å²) < 4.78 is 0.